The van der Waals surface area contributed by atoms with Gasteiger partial charge in [0.15, 0.2) is 29.0 Å². The summed E-state index contributed by atoms with van der Waals surface area (Å²) in [5.41, 5.74) is 4.87. The summed E-state index contributed by atoms with van der Waals surface area (Å²) < 4.78 is 13.2. The number of aliphatic hydroxyl groups is 3. The van der Waals surface area contributed by atoms with Gasteiger partial charge >= 0.3 is 0 Å². The molecule has 0 aliphatic carbocycles. The standard InChI is InChI=1S/C37H39N7O5/c1-2-26-19-29(49-43-26)33-31(46)32(47)36(48-33)44-22-39-30-34(38-20-28(24-14-8-4-9-15-24)25-16-10-5-11-17-25)41-37(42-35(30)44)40-27(21-45)18-23-12-6-3-7-13-23/h3-17,19,22,27-28,31-33,36,45-47H,2,18,20-21H2,1H3,(H2,38,40,41,42)/t27-,31-,32+,33+,36+/m0/s1. The summed E-state index contributed by atoms with van der Waals surface area (Å²) in [5, 5.41) is 43.4. The van der Waals surface area contributed by atoms with Crippen molar-refractivity contribution in [1.29, 1.82) is 0 Å². The number of imidazole rings is 1. The van der Waals surface area contributed by atoms with E-state index in [-0.39, 0.29) is 24.5 Å². The Kier molecular flexibility index (Phi) is 9.62. The zero-order valence-electron chi connectivity index (χ0n) is 27.0. The highest BCUT2D eigenvalue weighted by molar-refractivity contribution is 5.84. The fraction of sp³-hybridized carbons (Fsp3) is 0.297. The lowest BCUT2D eigenvalue weighted by molar-refractivity contribution is -0.0434. The molecule has 5 atom stereocenters. The normalized spacial score (nSPS) is 19.8. The maximum Gasteiger partial charge on any atom is 0.227 e. The number of fused-ring (bicyclic) bond motifs is 1. The van der Waals surface area contributed by atoms with E-state index in [1.165, 1.54) is 6.33 Å². The van der Waals surface area contributed by atoms with Gasteiger partial charge in [-0.25, -0.2) is 4.98 Å². The van der Waals surface area contributed by atoms with E-state index in [1.54, 1.807) is 10.6 Å². The Morgan fingerprint density at radius 3 is 2.18 bits per heavy atom. The molecule has 0 amide bonds. The molecule has 0 spiro atoms. The molecular weight excluding hydrogens is 622 g/mol. The van der Waals surface area contributed by atoms with Gasteiger partial charge in [0.2, 0.25) is 5.95 Å². The first kappa shape index (κ1) is 32.4. The van der Waals surface area contributed by atoms with Crippen LogP contribution >= 0.6 is 0 Å². The zero-order chi connectivity index (χ0) is 33.7. The maximum absolute atomic E-state index is 11.2. The van der Waals surface area contributed by atoms with Crippen LogP contribution in [-0.4, -0.2) is 71.4 Å². The van der Waals surface area contributed by atoms with Crippen LogP contribution in [0.15, 0.2) is 108 Å². The number of aryl methyl sites for hydroxylation is 1. The highest BCUT2D eigenvalue weighted by Crippen LogP contribution is 2.40. The summed E-state index contributed by atoms with van der Waals surface area (Å²) in [7, 11) is 0. The Morgan fingerprint density at radius 2 is 1.55 bits per heavy atom. The van der Waals surface area contributed by atoms with Crippen molar-refractivity contribution in [3.05, 3.63) is 132 Å². The fourth-order valence-corrected chi connectivity index (χ4v) is 6.28. The third-order valence-corrected chi connectivity index (χ3v) is 8.91. The number of aliphatic hydroxyl groups excluding tert-OH is 3. The van der Waals surface area contributed by atoms with E-state index in [0.29, 0.717) is 47.8 Å². The molecule has 0 bridgehead atoms. The van der Waals surface area contributed by atoms with Crippen molar-refractivity contribution in [3.8, 4) is 0 Å². The number of anilines is 2. The van der Waals surface area contributed by atoms with Crippen LogP contribution in [0.1, 0.15) is 53.3 Å². The number of rotatable bonds is 13. The topological polar surface area (TPSA) is 164 Å². The highest BCUT2D eigenvalue weighted by atomic mass is 16.6. The van der Waals surface area contributed by atoms with Gasteiger partial charge in [0.05, 0.1) is 24.7 Å². The Labute approximate surface area is 283 Å². The number of hydrogen-bond acceptors (Lipinski definition) is 11. The molecule has 12 heteroatoms. The lowest BCUT2D eigenvalue weighted by Crippen LogP contribution is -2.29. The van der Waals surface area contributed by atoms with Gasteiger partial charge in [0, 0.05) is 18.5 Å². The quantitative estimate of drug-likeness (QED) is 0.117. The Hall–Kier alpha value is -5.14. The predicted octanol–water partition coefficient (Wildman–Crippen LogP) is 4.63. The van der Waals surface area contributed by atoms with E-state index < -0.39 is 24.5 Å². The first-order valence-electron chi connectivity index (χ1n) is 16.5. The summed E-state index contributed by atoms with van der Waals surface area (Å²) in [6.07, 6.45) is -1.85. The van der Waals surface area contributed by atoms with Gasteiger partial charge < -0.3 is 35.2 Å². The van der Waals surface area contributed by atoms with E-state index >= 15 is 0 Å². The van der Waals surface area contributed by atoms with Crippen LogP contribution in [0.3, 0.4) is 0 Å². The lowest BCUT2D eigenvalue weighted by Gasteiger charge is -2.21. The number of aromatic nitrogens is 5. The molecule has 6 aromatic rings. The molecule has 0 saturated carbocycles. The average Bonchev–Trinajstić information content (AvgIpc) is 3.87. The minimum atomic E-state index is -1.32. The molecular formula is C37H39N7O5. The molecule has 0 radical (unpaired) electrons. The predicted molar refractivity (Wildman–Crippen MR) is 184 cm³/mol. The first-order valence-corrected chi connectivity index (χ1v) is 16.5. The molecule has 0 unspecified atom stereocenters. The molecule has 3 aromatic heterocycles. The van der Waals surface area contributed by atoms with Crippen LogP contribution < -0.4 is 10.6 Å². The van der Waals surface area contributed by atoms with E-state index in [0.717, 1.165) is 16.7 Å². The number of hydrogen-bond donors (Lipinski definition) is 5. The molecule has 12 nitrogen and oxygen atoms in total. The van der Waals surface area contributed by atoms with Gasteiger partial charge in [-0.05, 0) is 29.5 Å². The number of nitrogens with zero attached hydrogens (tertiary/aromatic N) is 5. The third kappa shape index (κ3) is 6.90. The number of nitrogens with one attached hydrogen (secondary N) is 2. The maximum atomic E-state index is 11.2. The molecule has 252 valence electrons. The Bertz CT molecular complexity index is 1910. The summed E-state index contributed by atoms with van der Waals surface area (Å²) >= 11 is 0. The van der Waals surface area contributed by atoms with Crippen LogP contribution in [0.25, 0.3) is 11.2 Å². The largest absolute Gasteiger partial charge is 0.394 e. The molecule has 1 fully saturated rings. The lowest BCUT2D eigenvalue weighted by atomic mass is 9.91. The summed E-state index contributed by atoms with van der Waals surface area (Å²) in [6.45, 7) is 2.29. The smallest absolute Gasteiger partial charge is 0.227 e. The third-order valence-electron chi connectivity index (χ3n) is 8.91. The van der Waals surface area contributed by atoms with E-state index in [2.05, 4.69) is 45.0 Å². The Morgan fingerprint density at radius 1 is 0.878 bits per heavy atom. The van der Waals surface area contributed by atoms with Crippen molar-refractivity contribution in [2.75, 3.05) is 23.8 Å². The zero-order valence-corrected chi connectivity index (χ0v) is 27.0. The minimum Gasteiger partial charge on any atom is -0.394 e. The second-order valence-electron chi connectivity index (χ2n) is 12.2. The summed E-state index contributed by atoms with van der Waals surface area (Å²) in [6, 6.07) is 31.7. The van der Waals surface area contributed by atoms with Crippen molar-refractivity contribution in [3.63, 3.8) is 0 Å². The van der Waals surface area contributed by atoms with E-state index in [9.17, 15) is 15.3 Å². The van der Waals surface area contributed by atoms with Gasteiger partial charge in [-0.2, -0.15) is 9.97 Å². The van der Waals surface area contributed by atoms with Gasteiger partial charge in [-0.1, -0.05) is 103 Å². The second-order valence-corrected chi connectivity index (χ2v) is 12.2. The van der Waals surface area contributed by atoms with Crippen LogP contribution in [0.2, 0.25) is 0 Å². The molecule has 4 heterocycles. The monoisotopic (exact) mass is 661 g/mol. The van der Waals surface area contributed by atoms with Gasteiger partial charge in [-0.15, -0.1) is 0 Å². The van der Waals surface area contributed by atoms with E-state index in [4.69, 9.17) is 19.2 Å². The number of ether oxygens (including phenoxy) is 1. The highest BCUT2D eigenvalue weighted by Gasteiger charge is 2.47. The van der Waals surface area contributed by atoms with Gasteiger partial charge in [0.25, 0.3) is 0 Å². The summed E-state index contributed by atoms with van der Waals surface area (Å²) in [4.78, 5) is 14.3. The molecule has 1 aliphatic rings. The number of benzene rings is 3. The van der Waals surface area contributed by atoms with Crippen LogP contribution in [0.5, 0.6) is 0 Å². The van der Waals surface area contributed by atoms with Crippen molar-refractivity contribution in [2.24, 2.45) is 0 Å². The van der Waals surface area contributed by atoms with Crippen LogP contribution in [-0.2, 0) is 17.6 Å². The molecule has 49 heavy (non-hydrogen) atoms. The van der Waals surface area contributed by atoms with Crippen molar-refractivity contribution >= 4 is 22.9 Å². The summed E-state index contributed by atoms with van der Waals surface area (Å²) in [5.74, 6) is 1.05. The Balaban J connectivity index is 1.24. The van der Waals surface area contributed by atoms with Crippen molar-refractivity contribution in [1.82, 2.24) is 24.7 Å². The van der Waals surface area contributed by atoms with E-state index in [1.807, 2.05) is 73.7 Å². The van der Waals surface area contributed by atoms with Gasteiger partial charge in [0.1, 0.15) is 18.3 Å². The fourth-order valence-electron chi connectivity index (χ4n) is 6.28. The minimum absolute atomic E-state index is 0.00000813. The molecule has 3 aromatic carbocycles. The van der Waals surface area contributed by atoms with Crippen LogP contribution in [0, 0.1) is 0 Å². The second kappa shape index (κ2) is 14.5. The average molecular weight is 662 g/mol. The SMILES string of the molecule is CCc1cc([C@H]2O[C@@H](n3cnc4c(NCC(c5ccccc5)c5ccccc5)nc(N[C@H](CO)Cc5ccccc5)nc43)[C@H](O)[C@@H]2O)on1. The molecule has 7 rings (SSSR count). The van der Waals surface area contributed by atoms with Crippen LogP contribution in [0.4, 0.5) is 11.8 Å². The molecule has 1 saturated heterocycles. The van der Waals surface area contributed by atoms with Crippen molar-refractivity contribution < 1.29 is 24.6 Å². The van der Waals surface area contributed by atoms with Gasteiger partial charge in [-0.3, -0.25) is 4.57 Å². The molecule has 5 N–H and O–H groups in total. The first-order chi connectivity index (χ1) is 24.0. The van der Waals surface area contributed by atoms with Crippen molar-refractivity contribution in [2.45, 2.75) is 56.3 Å². The molecule has 1 aliphatic heterocycles.